The van der Waals surface area contributed by atoms with Crippen LogP contribution in [-0.4, -0.2) is 80.9 Å². The molecule has 1 aromatic rings. The summed E-state index contributed by atoms with van der Waals surface area (Å²) in [6.07, 6.45) is 5.42. The summed E-state index contributed by atoms with van der Waals surface area (Å²) < 4.78 is 11.7. The van der Waals surface area contributed by atoms with Crippen molar-refractivity contribution in [3.05, 3.63) is 10.7 Å². The second kappa shape index (κ2) is 10.1. The number of guanidine groups is 1. The van der Waals surface area contributed by atoms with Crippen molar-refractivity contribution in [1.82, 2.24) is 20.2 Å². The first kappa shape index (κ1) is 20.1. The van der Waals surface area contributed by atoms with Gasteiger partial charge in [0.1, 0.15) is 0 Å². The summed E-state index contributed by atoms with van der Waals surface area (Å²) in [5.74, 6) is 3.04. The van der Waals surface area contributed by atoms with E-state index in [1.54, 1.807) is 13.3 Å². The molecular weight excluding hydrogens is 412 g/mol. The van der Waals surface area contributed by atoms with E-state index < -0.39 is 0 Å². The van der Waals surface area contributed by atoms with Crippen LogP contribution in [0.4, 0.5) is 5.95 Å². The normalized spacial score (nSPS) is 18.0. The summed E-state index contributed by atoms with van der Waals surface area (Å²) in [4.78, 5) is 17.7. The topological polar surface area (TPSA) is 75.1 Å². The van der Waals surface area contributed by atoms with E-state index in [0.717, 1.165) is 68.7 Å². The fourth-order valence-corrected chi connectivity index (χ4v) is 3.35. The molecule has 8 nitrogen and oxygen atoms in total. The monoisotopic (exact) mass is 440 g/mol. The molecule has 0 spiro atoms. The molecule has 150 valence electrons. The van der Waals surface area contributed by atoms with Crippen LogP contribution in [-0.2, 0) is 4.74 Å². The number of ether oxygens (including phenoxy) is 2. The summed E-state index contributed by atoms with van der Waals surface area (Å²) in [6.45, 7) is 6.06. The van der Waals surface area contributed by atoms with Gasteiger partial charge < -0.3 is 24.6 Å². The molecule has 1 saturated heterocycles. The smallest absolute Gasteiger partial charge is 0.232 e. The number of piperazine rings is 1. The van der Waals surface area contributed by atoms with E-state index in [1.165, 1.54) is 12.8 Å². The lowest BCUT2D eigenvalue weighted by Crippen LogP contribution is -2.53. The van der Waals surface area contributed by atoms with Gasteiger partial charge in [-0.05, 0) is 41.1 Å². The van der Waals surface area contributed by atoms with E-state index in [0.29, 0.717) is 11.8 Å². The second-order valence-corrected chi connectivity index (χ2v) is 7.70. The Kier molecular flexibility index (Phi) is 7.51. The summed E-state index contributed by atoms with van der Waals surface area (Å²) in [5, 5.41) is 3.44. The van der Waals surface area contributed by atoms with Crippen molar-refractivity contribution in [3.8, 4) is 5.88 Å². The maximum atomic E-state index is 5.68. The van der Waals surface area contributed by atoms with E-state index in [-0.39, 0.29) is 0 Å². The van der Waals surface area contributed by atoms with Gasteiger partial charge in [0.15, 0.2) is 5.96 Å². The molecule has 0 radical (unpaired) electrons. The molecular formula is C18H29BrN6O2. The zero-order valence-electron chi connectivity index (χ0n) is 16.2. The number of methoxy groups -OCH3 is 1. The van der Waals surface area contributed by atoms with E-state index in [4.69, 9.17) is 9.47 Å². The molecule has 1 N–H and O–H groups in total. The van der Waals surface area contributed by atoms with Crippen LogP contribution in [0.5, 0.6) is 5.88 Å². The van der Waals surface area contributed by atoms with Crippen LogP contribution in [0.1, 0.15) is 19.3 Å². The minimum absolute atomic E-state index is 0.559. The number of anilines is 1. The Balaban J connectivity index is 1.40. The number of aliphatic imine (C=N–C) groups is 1. The van der Waals surface area contributed by atoms with Crippen LogP contribution in [0.15, 0.2) is 15.7 Å². The number of halogens is 1. The van der Waals surface area contributed by atoms with Gasteiger partial charge in [0, 0.05) is 53.0 Å². The highest BCUT2D eigenvalue weighted by atomic mass is 79.9. The number of rotatable bonds is 8. The van der Waals surface area contributed by atoms with Crippen LogP contribution in [0.2, 0.25) is 0 Å². The summed E-state index contributed by atoms with van der Waals surface area (Å²) >= 11 is 3.39. The summed E-state index contributed by atoms with van der Waals surface area (Å²) in [5.41, 5.74) is 0. The number of nitrogens with one attached hydrogen (secondary N) is 1. The minimum atomic E-state index is 0.559. The molecule has 0 bridgehead atoms. The van der Waals surface area contributed by atoms with Gasteiger partial charge in [-0.25, -0.2) is 4.98 Å². The van der Waals surface area contributed by atoms with Crippen LogP contribution >= 0.6 is 15.9 Å². The van der Waals surface area contributed by atoms with Gasteiger partial charge in [-0.1, -0.05) is 0 Å². The summed E-state index contributed by atoms with van der Waals surface area (Å²) in [6, 6.07) is 0. The van der Waals surface area contributed by atoms with Crippen molar-refractivity contribution in [3.63, 3.8) is 0 Å². The molecule has 0 atom stereocenters. The molecule has 2 fully saturated rings. The predicted molar refractivity (Wildman–Crippen MR) is 110 cm³/mol. The molecule has 1 saturated carbocycles. The molecule has 1 aliphatic carbocycles. The van der Waals surface area contributed by atoms with Gasteiger partial charge in [-0.2, -0.15) is 4.98 Å². The quantitative estimate of drug-likeness (QED) is 0.374. The molecule has 0 aromatic carbocycles. The Labute approximate surface area is 169 Å². The van der Waals surface area contributed by atoms with Crippen LogP contribution in [0, 0.1) is 5.92 Å². The Hall–Kier alpha value is -1.61. The number of hydrogen-bond acceptors (Lipinski definition) is 6. The van der Waals surface area contributed by atoms with Crippen LogP contribution in [0.3, 0.4) is 0 Å². The fourth-order valence-electron chi connectivity index (χ4n) is 3.00. The molecule has 0 unspecified atom stereocenters. The third kappa shape index (κ3) is 5.93. The molecule has 3 rings (SSSR count). The second-order valence-electron chi connectivity index (χ2n) is 6.85. The molecule has 1 aliphatic heterocycles. The highest BCUT2D eigenvalue weighted by Gasteiger charge is 2.22. The SMILES string of the molecule is CN=C(NCCCOCC1CC1)N1CCN(c2ncc(Br)c(OC)n2)CC1. The van der Waals surface area contributed by atoms with Gasteiger partial charge in [0.05, 0.1) is 17.8 Å². The maximum absolute atomic E-state index is 5.68. The lowest BCUT2D eigenvalue weighted by Gasteiger charge is -2.36. The first-order valence-electron chi connectivity index (χ1n) is 9.56. The number of nitrogens with zero attached hydrogens (tertiary/aromatic N) is 5. The number of hydrogen-bond donors (Lipinski definition) is 1. The molecule has 27 heavy (non-hydrogen) atoms. The molecule has 1 aromatic heterocycles. The Morgan fingerprint density at radius 2 is 2.11 bits per heavy atom. The largest absolute Gasteiger partial charge is 0.480 e. The Morgan fingerprint density at radius 3 is 2.78 bits per heavy atom. The van der Waals surface area contributed by atoms with Gasteiger partial charge in [0.25, 0.3) is 0 Å². The summed E-state index contributed by atoms with van der Waals surface area (Å²) in [7, 11) is 3.45. The first-order valence-corrected chi connectivity index (χ1v) is 10.4. The highest BCUT2D eigenvalue weighted by Crippen LogP contribution is 2.28. The van der Waals surface area contributed by atoms with Gasteiger partial charge in [-0.3, -0.25) is 4.99 Å². The zero-order chi connectivity index (χ0) is 19.1. The van der Waals surface area contributed by atoms with E-state index in [1.807, 2.05) is 7.05 Å². The van der Waals surface area contributed by atoms with Crippen LogP contribution in [0.25, 0.3) is 0 Å². The average molecular weight is 441 g/mol. The maximum Gasteiger partial charge on any atom is 0.232 e. The lowest BCUT2D eigenvalue weighted by molar-refractivity contribution is 0.122. The molecule has 2 heterocycles. The van der Waals surface area contributed by atoms with Gasteiger partial charge >= 0.3 is 0 Å². The van der Waals surface area contributed by atoms with E-state index in [2.05, 4.69) is 46.0 Å². The van der Waals surface area contributed by atoms with Crippen molar-refractivity contribution in [2.24, 2.45) is 10.9 Å². The van der Waals surface area contributed by atoms with Crippen molar-refractivity contribution in [2.45, 2.75) is 19.3 Å². The Bertz CT molecular complexity index is 632. The fraction of sp³-hybridized carbons (Fsp3) is 0.722. The van der Waals surface area contributed by atoms with Gasteiger partial charge in [-0.15, -0.1) is 0 Å². The molecule has 2 aliphatic rings. The van der Waals surface area contributed by atoms with Crippen LogP contribution < -0.4 is 15.0 Å². The van der Waals surface area contributed by atoms with Crippen molar-refractivity contribution >= 4 is 27.8 Å². The number of aromatic nitrogens is 2. The van der Waals surface area contributed by atoms with Crippen molar-refractivity contribution < 1.29 is 9.47 Å². The standard InChI is InChI=1S/C18H29BrN6O2/c1-20-17(21-6-3-11-27-13-14-4-5-14)24-7-9-25(10-8-24)18-22-12-15(19)16(23-18)26-2/h12,14H,3-11,13H2,1-2H3,(H,20,21). The third-order valence-corrected chi connectivity index (χ3v) is 5.31. The zero-order valence-corrected chi connectivity index (χ0v) is 17.7. The minimum Gasteiger partial charge on any atom is -0.480 e. The molecule has 9 heteroatoms. The average Bonchev–Trinajstić information content (AvgIpc) is 3.52. The van der Waals surface area contributed by atoms with E-state index in [9.17, 15) is 0 Å². The first-order chi connectivity index (χ1) is 13.2. The van der Waals surface area contributed by atoms with Gasteiger partial charge in [0.2, 0.25) is 11.8 Å². The lowest BCUT2D eigenvalue weighted by atomic mass is 10.3. The third-order valence-electron chi connectivity index (χ3n) is 4.77. The Morgan fingerprint density at radius 1 is 1.33 bits per heavy atom. The van der Waals surface area contributed by atoms with Crippen molar-refractivity contribution in [2.75, 3.05) is 65.0 Å². The van der Waals surface area contributed by atoms with Crippen molar-refractivity contribution in [1.29, 1.82) is 0 Å². The molecule has 0 amide bonds. The van der Waals surface area contributed by atoms with E-state index >= 15 is 0 Å². The predicted octanol–water partition coefficient (Wildman–Crippen LogP) is 1.76. The highest BCUT2D eigenvalue weighted by molar-refractivity contribution is 9.10.